The standard InChI is InChI=1S/C14H13N2O2.C7H8O3S/c1-15-11-5-4-7-13(15)10-9-12-6-2-3-8-14(12)16(17)18;1-6-2-4-7(5-3-6)11(8,9)10/h2-11H,1H3;2-5H,1H3,(H,8,9,10)/q+1;/p-1/b10-9+;. The number of nitro groups is 1. The Morgan fingerprint density at radius 2 is 1.55 bits per heavy atom. The van der Waals surface area contributed by atoms with E-state index in [4.69, 9.17) is 0 Å². The molecule has 3 rings (SSSR count). The van der Waals surface area contributed by atoms with Crippen LogP contribution in [0.2, 0.25) is 0 Å². The van der Waals surface area contributed by atoms with Crippen LogP contribution in [0.15, 0.2) is 77.8 Å². The van der Waals surface area contributed by atoms with E-state index in [1.54, 1.807) is 36.4 Å². The quantitative estimate of drug-likeness (QED) is 0.282. The Morgan fingerprint density at radius 3 is 2.14 bits per heavy atom. The summed E-state index contributed by atoms with van der Waals surface area (Å²) in [5.74, 6) is 0. The van der Waals surface area contributed by atoms with Crippen molar-refractivity contribution in [2.75, 3.05) is 0 Å². The highest BCUT2D eigenvalue weighted by atomic mass is 32.2. The van der Waals surface area contributed by atoms with Crippen molar-refractivity contribution >= 4 is 28.0 Å². The molecule has 0 bridgehead atoms. The Hall–Kier alpha value is -3.36. The molecule has 0 saturated carbocycles. The highest BCUT2D eigenvalue weighted by Crippen LogP contribution is 2.19. The van der Waals surface area contributed by atoms with E-state index in [9.17, 15) is 23.1 Å². The lowest BCUT2D eigenvalue weighted by Crippen LogP contribution is -2.30. The average Bonchev–Trinajstić information content (AvgIpc) is 2.68. The zero-order chi connectivity index (χ0) is 21.4. The van der Waals surface area contributed by atoms with Crippen LogP contribution in [-0.4, -0.2) is 17.9 Å². The molecule has 2 aromatic carbocycles. The zero-order valence-electron chi connectivity index (χ0n) is 15.9. The number of pyridine rings is 1. The van der Waals surface area contributed by atoms with E-state index in [0.29, 0.717) is 5.56 Å². The van der Waals surface area contributed by atoms with Gasteiger partial charge in [-0.3, -0.25) is 10.1 Å². The van der Waals surface area contributed by atoms with E-state index in [2.05, 4.69) is 0 Å². The van der Waals surface area contributed by atoms with Crippen LogP contribution in [0.3, 0.4) is 0 Å². The third-order valence-electron chi connectivity index (χ3n) is 3.97. The highest BCUT2D eigenvalue weighted by Gasteiger charge is 2.09. The van der Waals surface area contributed by atoms with Crippen molar-refractivity contribution in [3.63, 3.8) is 0 Å². The normalized spacial score (nSPS) is 11.0. The van der Waals surface area contributed by atoms with Gasteiger partial charge < -0.3 is 4.55 Å². The highest BCUT2D eigenvalue weighted by molar-refractivity contribution is 7.85. The Balaban J connectivity index is 0.000000234. The molecule has 0 N–H and O–H groups in total. The summed E-state index contributed by atoms with van der Waals surface area (Å²) in [6.07, 6.45) is 5.55. The number of hydrogen-bond acceptors (Lipinski definition) is 5. The Bertz CT molecular complexity index is 1120. The van der Waals surface area contributed by atoms with Crippen LogP contribution >= 0.6 is 0 Å². The van der Waals surface area contributed by atoms with Gasteiger partial charge in [0.2, 0.25) is 5.69 Å². The lowest BCUT2D eigenvalue weighted by atomic mass is 10.1. The minimum atomic E-state index is -4.27. The number of aryl methyl sites for hydroxylation is 2. The predicted molar refractivity (Wildman–Crippen MR) is 109 cm³/mol. The molecule has 0 aliphatic rings. The summed E-state index contributed by atoms with van der Waals surface area (Å²) in [7, 11) is -2.34. The Labute approximate surface area is 169 Å². The number of para-hydroxylation sites is 1. The third-order valence-corrected chi connectivity index (χ3v) is 4.82. The van der Waals surface area contributed by atoms with Crippen LogP contribution in [0.5, 0.6) is 0 Å². The van der Waals surface area contributed by atoms with Crippen LogP contribution in [0, 0.1) is 17.0 Å². The number of aromatic nitrogens is 1. The second-order valence-corrected chi connectivity index (χ2v) is 7.53. The van der Waals surface area contributed by atoms with Crippen LogP contribution < -0.4 is 4.57 Å². The molecule has 0 aliphatic heterocycles. The van der Waals surface area contributed by atoms with Gasteiger partial charge in [-0.2, -0.15) is 0 Å². The first-order valence-electron chi connectivity index (χ1n) is 8.57. The molecule has 0 unspecified atom stereocenters. The average molecular weight is 412 g/mol. The second-order valence-electron chi connectivity index (χ2n) is 6.15. The van der Waals surface area contributed by atoms with Crippen molar-refractivity contribution in [2.24, 2.45) is 7.05 Å². The maximum atomic E-state index is 10.9. The number of benzene rings is 2. The van der Waals surface area contributed by atoms with Crippen LogP contribution in [-0.2, 0) is 17.2 Å². The van der Waals surface area contributed by atoms with E-state index >= 15 is 0 Å². The smallest absolute Gasteiger partial charge is 0.276 e. The lowest BCUT2D eigenvalue weighted by molar-refractivity contribution is -0.673. The summed E-state index contributed by atoms with van der Waals surface area (Å²) >= 11 is 0. The van der Waals surface area contributed by atoms with E-state index < -0.39 is 10.1 Å². The summed E-state index contributed by atoms with van der Waals surface area (Å²) in [6.45, 7) is 1.82. The Morgan fingerprint density at radius 1 is 0.931 bits per heavy atom. The molecule has 8 heteroatoms. The molecule has 0 radical (unpaired) electrons. The summed E-state index contributed by atoms with van der Waals surface area (Å²) < 4.78 is 33.1. The predicted octanol–water partition coefficient (Wildman–Crippen LogP) is 3.49. The maximum Gasteiger partial charge on any atom is 0.276 e. The zero-order valence-corrected chi connectivity index (χ0v) is 16.7. The molecule has 29 heavy (non-hydrogen) atoms. The molecular formula is C21H20N2O5S. The third kappa shape index (κ3) is 6.63. The topological polar surface area (TPSA) is 104 Å². The molecule has 0 spiro atoms. The molecule has 3 aromatic rings. The minimum absolute atomic E-state index is 0.118. The van der Waals surface area contributed by atoms with E-state index in [0.717, 1.165) is 11.3 Å². The van der Waals surface area contributed by atoms with Gasteiger partial charge in [-0.25, -0.2) is 13.0 Å². The van der Waals surface area contributed by atoms with Crippen molar-refractivity contribution in [1.82, 2.24) is 0 Å². The number of nitro benzene ring substituents is 1. The van der Waals surface area contributed by atoms with Gasteiger partial charge in [0.15, 0.2) is 6.20 Å². The first kappa shape index (κ1) is 21.9. The SMILES string of the molecule is C[n+]1ccccc1/C=C/c1ccccc1[N+](=O)[O-].Cc1ccc(S(=O)(=O)[O-])cc1. The lowest BCUT2D eigenvalue weighted by Gasteiger charge is -2.05. The van der Waals surface area contributed by atoms with Gasteiger partial charge in [-0.1, -0.05) is 29.8 Å². The van der Waals surface area contributed by atoms with Crippen LogP contribution in [0.4, 0.5) is 5.69 Å². The van der Waals surface area contributed by atoms with Crippen molar-refractivity contribution in [2.45, 2.75) is 11.8 Å². The molecule has 0 atom stereocenters. The molecule has 0 fully saturated rings. The van der Waals surface area contributed by atoms with E-state index in [1.807, 2.05) is 49.0 Å². The van der Waals surface area contributed by atoms with E-state index in [1.165, 1.54) is 18.2 Å². The van der Waals surface area contributed by atoms with Crippen molar-refractivity contribution in [3.8, 4) is 0 Å². The largest absolute Gasteiger partial charge is 0.744 e. The fourth-order valence-corrected chi connectivity index (χ4v) is 2.85. The minimum Gasteiger partial charge on any atom is -0.744 e. The number of rotatable bonds is 4. The van der Waals surface area contributed by atoms with Crippen molar-refractivity contribution in [1.29, 1.82) is 0 Å². The van der Waals surface area contributed by atoms with Gasteiger partial charge in [0.25, 0.3) is 5.69 Å². The fourth-order valence-electron chi connectivity index (χ4n) is 2.38. The molecule has 0 amide bonds. The molecule has 150 valence electrons. The summed E-state index contributed by atoms with van der Waals surface area (Å²) in [5.41, 5.74) is 2.63. The van der Waals surface area contributed by atoms with Gasteiger partial charge in [0, 0.05) is 24.3 Å². The molecule has 0 saturated heterocycles. The van der Waals surface area contributed by atoms with Gasteiger partial charge in [-0.05, 0) is 37.3 Å². The van der Waals surface area contributed by atoms with E-state index in [-0.39, 0.29) is 15.5 Å². The molecular weight excluding hydrogens is 392 g/mol. The molecule has 7 nitrogen and oxygen atoms in total. The van der Waals surface area contributed by atoms with Gasteiger partial charge in [0.05, 0.1) is 15.4 Å². The van der Waals surface area contributed by atoms with Crippen LogP contribution in [0.25, 0.3) is 12.2 Å². The molecule has 1 aromatic heterocycles. The summed E-state index contributed by atoms with van der Waals surface area (Å²) in [6, 6.07) is 18.3. The first-order valence-corrected chi connectivity index (χ1v) is 9.98. The first-order chi connectivity index (χ1) is 13.7. The van der Waals surface area contributed by atoms with Crippen molar-refractivity contribution < 1.29 is 22.5 Å². The van der Waals surface area contributed by atoms with Gasteiger partial charge in [-0.15, -0.1) is 0 Å². The fraction of sp³-hybridized carbons (Fsp3) is 0.0952. The van der Waals surface area contributed by atoms with Crippen molar-refractivity contribution in [3.05, 3.63) is 99.9 Å². The molecule has 1 heterocycles. The summed E-state index contributed by atoms with van der Waals surface area (Å²) in [5, 5.41) is 10.9. The maximum absolute atomic E-state index is 10.9. The second kappa shape index (κ2) is 9.72. The summed E-state index contributed by atoms with van der Waals surface area (Å²) in [4.78, 5) is 10.3. The Kier molecular flexibility index (Phi) is 7.35. The molecule has 0 aliphatic carbocycles. The van der Waals surface area contributed by atoms with Gasteiger partial charge >= 0.3 is 0 Å². The number of hydrogen-bond donors (Lipinski definition) is 0. The van der Waals surface area contributed by atoms with Gasteiger partial charge in [0.1, 0.15) is 17.2 Å². The number of nitrogens with zero attached hydrogens (tertiary/aromatic N) is 2. The van der Waals surface area contributed by atoms with Crippen LogP contribution in [0.1, 0.15) is 16.8 Å². The monoisotopic (exact) mass is 412 g/mol.